The first-order valence-electron chi connectivity index (χ1n) is 7.24. The van der Waals surface area contributed by atoms with Crippen molar-refractivity contribution in [2.24, 2.45) is 0 Å². The normalized spacial score (nSPS) is 18.7. The van der Waals surface area contributed by atoms with E-state index in [2.05, 4.69) is 5.32 Å². The number of unbranched alkanes of at least 4 members (excludes halogenated alkanes) is 1. The summed E-state index contributed by atoms with van der Waals surface area (Å²) in [6.07, 6.45) is 2.67. The van der Waals surface area contributed by atoms with Gasteiger partial charge in [0.2, 0.25) is 10.0 Å². The highest BCUT2D eigenvalue weighted by Gasteiger charge is 2.27. The van der Waals surface area contributed by atoms with Crippen molar-refractivity contribution in [1.82, 2.24) is 10.0 Å². The molecule has 0 radical (unpaired) electrons. The third-order valence-electron chi connectivity index (χ3n) is 2.98. The van der Waals surface area contributed by atoms with E-state index >= 15 is 0 Å². The van der Waals surface area contributed by atoms with E-state index in [0.717, 1.165) is 19.2 Å². The molecule has 0 bridgehead atoms. The molecule has 24 heavy (non-hydrogen) atoms. The maximum Gasteiger partial charge on any atom is 0.322 e. The molecule has 142 valence electrons. The Labute approximate surface area is 141 Å². The third-order valence-corrected chi connectivity index (χ3v) is 5.39. The molecule has 0 spiro atoms. The van der Waals surface area contributed by atoms with Gasteiger partial charge in [-0.25, -0.2) is 16.8 Å². The summed E-state index contributed by atoms with van der Waals surface area (Å²) in [6.45, 7) is 2.65. The summed E-state index contributed by atoms with van der Waals surface area (Å²) in [5, 5.41) is 19.7. The van der Waals surface area contributed by atoms with Gasteiger partial charge in [0.05, 0.1) is 11.5 Å². The first-order valence-corrected chi connectivity index (χ1v) is 11.0. The Hall–Kier alpha value is -1.24. The van der Waals surface area contributed by atoms with Crippen LogP contribution in [0.3, 0.4) is 0 Å². The van der Waals surface area contributed by atoms with Crippen LogP contribution in [0.15, 0.2) is 0 Å². The minimum atomic E-state index is -3.76. The minimum absolute atomic E-state index is 0.211. The van der Waals surface area contributed by atoms with Crippen molar-refractivity contribution in [1.29, 1.82) is 0 Å². The summed E-state index contributed by atoms with van der Waals surface area (Å²) in [5.41, 5.74) is 0. The van der Waals surface area contributed by atoms with Crippen LogP contribution in [0.2, 0.25) is 0 Å². The molecule has 1 fully saturated rings. The van der Waals surface area contributed by atoms with Crippen LogP contribution in [0.25, 0.3) is 0 Å². The molecular formula is C12H24N2O8S2. The number of carboxylic acid groups (broad SMARTS) is 2. The molecule has 1 unspecified atom stereocenters. The van der Waals surface area contributed by atoms with Gasteiger partial charge in [0, 0.05) is 6.26 Å². The second-order valence-corrected chi connectivity index (χ2v) is 9.47. The number of nitrogens with one attached hydrogen (secondary N) is 2. The number of rotatable bonds is 9. The Bertz CT molecular complexity index is 625. The van der Waals surface area contributed by atoms with Gasteiger partial charge in [0.15, 0.2) is 0 Å². The predicted octanol–water partition coefficient (Wildman–Crippen LogP) is -1.36. The summed E-state index contributed by atoms with van der Waals surface area (Å²) in [7, 11) is -7.32. The van der Waals surface area contributed by atoms with Crippen LogP contribution in [0, 0.1) is 0 Å². The lowest BCUT2D eigenvalue weighted by molar-refractivity contribution is -0.141. The number of aliphatic carboxylic acids is 2. The molecule has 0 aromatic heterocycles. The minimum Gasteiger partial charge on any atom is -0.480 e. The number of hydrogen-bond donors (Lipinski definition) is 4. The highest BCUT2D eigenvalue weighted by molar-refractivity contribution is 7.91. The molecule has 1 rings (SSSR count). The molecule has 1 heterocycles. The van der Waals surface area contributed by atoms with Gasteiger partial charge in [-0.1, -0.05) is 13.3 Å². The zero-order chi connectivity index (χ0) is 19.0. The van der Waals surface area contributed by atoms with Gasteiger partial charge in [-0.15, -0.1) is 0 Å². The summed E-state index contributed by atoms with van der Waals surface area (Å²) >= 11 is 0. The molecule has 1 saturated heterocycles. The van der Waals surface area contributed by atoms with Crippen LogP contribution in [-0.2, 0) is 29.4 Å². The topological polar surface area (TPSA) is 167 Å². The van der Waals surface area contributed by atoms with Gasteiger partial charge in [-0.3, -0.25) is 9.59 Å². The van der Waals surface area contributed by atoms with Crippen molar-refractivity contribution < 1.29 is 36.6 Å². The summed E-state index contributed by atoms with van der Waals surface area (Å²) in [5.74, 6) is -3.20. The predicted molar refractivity (Wildman–Crippen MR) is 87.0 cm³/mol. The smallest absolute Gasteiger partial charge is 0.322 e. The van der Waals surface area contributed by atoms with Gasteiger partial charge in [-0.2, -0.15) is 4.72 Å². The molecule has 1 aliphatic rings. The summed E-state index contributed by atoms with van der Waals surface area (Å²) in [6, 6.07) is -1.88. The first-order chi connectivity index (χ1) is 10.9. The van der Waals surface area contributed by atoms with Crippen molar-refractivity contribution in [3.63, 3.8) is 0 Å². The molecule has 1 aliphatic heterocycles. The highest BCUT2D eigenvalue weighted by atomic mass is 32.2. The lowest BCUT2D eigenvalue weighted by Gasteiger charge is -2.22. The quantitative estimate of drug-likeness (QED) is 0.373. The van der Waals surface area contributed by atoms with Crippen molar-refractivity contribution in [2.75, 3.05) is 24.3 Å². The third kappa shape index (κ3) is 10.5. The van der Waals surface area contributed by atoms with E-state index in [-0.39, 0.29) is 11.8 Å². The number of hydrogen-bond acceptors (Lipinski definition) is 7. The van der Waals surface area contributed by atoms with E-state index < -0.39 is 43.6 Å². The molecule has 2 atom stereocenters. The molecule has 12 heteroatoms. The fourth-order valence-corrected chi connectivity index (χ4v) is 3.91. The lowest BCUT2D eigenvalue weighted by atomic mass is 10.1. The molecule has 4 N–H and O–H groups in total. The number of sulfonamides is 1. The Morgan fingerprint density at radius 1 is 1.25 bits per heavy atom. The monoisotopic (exact) mass is 388 g/mol. The number of sulfone groups is 1. The fraction of sp³-hybridized carbons (Fsp3) is 0.833. The van der Waals surface area contributed by atoms with Gasteiger partial charge in [0.25, 0.3) is 0 Å². The SMILES string of the molecule is CCCCS(=O)(=O)N[C@@H](CS(C)(=O)=O)C(=O)O.O=C(O)C1CCN1. The van der Waals surface area contributed by atoms with Gasteiger partial charge < -0.3 is 15.5 Å². The average Bonchev–Trinajstić information content (AvgIpc) is 2.31. The van der Waals surface area contributed by atoms with Gasteiger partial charge >= 0.3 is 11.9 Å². The van der Waals surface area contributed by atoms with Crippen LogP contribution >= 0.6 is 0 Å². The Balaban J connectivity index is 0.000000620. The zero-order valence-electron chi connectivity index (χ0n) is 13.6. The van der Waals surface area contributed by atoms with Crippen molar-refractivity contribution in [3.05, 3.63) is 0 Å². The Morgan fingerprint density at radius 2 is 1.79 bits per heavy atom. The largest absolute Gasteiger partial charge is 0.480 e. The van der Waals surface area contributed by atoms with Crippen molar-refractivity contribution in [3.8, 4) is 0 Å². The average molecular weight is 388 g/mol. The van der Waals surface area contributed by atoms with E-state index in [1.54, 1.807) is 6.92 Å². The molecule has 10 nitrogen and oxygen atoms in total. The van der Waals surface area contributed by atoms with Crippen LogP contribution in [-0.4, -0.2) is 75.4 Å². The molecule has 0 saturated carbocycles. The molecule has 0 aliphatic carbocycles. The Kier molecular flexibility index (Phi) is 9.40. The van der Waals surface area contributed by atoms with Crippen molar-refractivity contribution in [2.45, 2.75) is 38.3 Å². The van der Waals surface area contributed by atoms with E-state index in [0.29, 0.717) is 12.8 Å². The summed E-state index contributed by atoms with van der Waals surface area (Å²) in [4.78, 5) is 20.7. The highest BCUT2D eigenvalue weighted by Crippen LogP contribution is 2.00. The lowest BCUT2D eigenvalue weighted by Crippen LogP contribution is -2.48. The van der Waals surface area contributed by atoms with E-state index in [4.69, 9.17) is 10.2 Å². The maximum absolute atomic E-state index is 11.4. The molecular weight excluding hydrogens is 364 g/mol. The van der Waals surface area contributed by atoms with E-state index in [1.165, 1.54) is 0 Å². The zero-order valence-corrected chi connectivity index (χ0v) is 15.2. The molecule has 0 amide bonds. The Morgan fingerprint density at radius 3 is 2.04 bits per heavy atom. The van der Waals surface area contributed by atoms with Crippen LogP contribution in [0.1, 0.15) is 26.2 Å². The second kappa shape index (κ2) is 9.91. The first kappa shape index (κ1) is 22.8. The van der Waals surface area contributed by atoms with Crippen LogP contribution in [0.5, 0.6) is 0 Å². The maximum atomic E-state index is 11.4. The van der Waals surface area contributed by atoms with Crippen LogP contribution < -0.4 is 10.0 Å². The fourth-order valence-electron chi connectivity index (χ4n) is 1.57. The van der Waals surface area contributed by atoms with Gasteiger partial charge in [-0.05, 0) is 19.4 Å². The van der Waals surface area contributed by atoms with Gasteiger partial charge in [0.1, 0.15) is 21.9 Å². The van der Waals surface area contributed by atoms with Crippen molar-refractivity contribution >= 4 is 31.8 Å². The number of carbonyl (C=O) groups is 2. The number of carboxylic acids is 2. The molecule has 0 aromatic carbocycles. The van der Waals surface area contributed by atoms with E-state index in [9.17, 15) is 26.4 Å². The molecule has 0 aromatic rings. The summed E-state index contributed by atoms with van der Waals surface area (Å²) < 4.78 is 46.6. The standard InChI is InChI=1S/C8H17NO6S2.C4H7NO2/c1-3-4-5-17(14,15)9-7(8(10)11)6-16(2,12)13;6-4(7)3-1-2-5-3/h7,9H,3-6H2,1-2H3,(H,10,11);3,5H,1-2H2,(H,6,7)/t7-;/m0./s1. The van der Waals surface area contributed by atoms with Crippen LogP contribution in [0.4, 0.5) is 0 Å². The van der Waals surface area contributed by atoms with E-state index in [1.807, 2.05) is 4.72 Å². The second-order valence-electron chi connectivity index (χ2n) is 5.41.